The van der Waals surface area contributed by atoms with Crippen molar-refractivity contribution >= 4 is 70.2 Å². The highest BCUT2D eigenvalue weighted by Crippen LogP contribution is 2.45. The first-order valence-electron chi connectivity index (χ1n) is 25.7. The van der Waals surface area contributed by atoms with Gasteiger partial charge in [0.1, 0.15) is 0 Å². The van der Waals surface area contributed by atoms with Gasteiger partial charge in [-0.25, -0.2) is 0 Å². The number of hydrogen-bond acceptors (Lipinski definition) is 8. The van der Waals surface area contributed by atoms with Crippen molar-refractivity contribution in [3.63, 3.8) is 0 Å². The molecule has 0 spiro atoms. The molecule has 9 rings (SSSR count). The molecule has 0 N–H and O–H groups in total. The molecule has 1 aliphatic heterocycles. The molecular formula is C68H64O4S4. The predicted octanol–water partition coefficient (Wildman–Crippen LogP) is 18.7. The largest absolute Gasteiger partial charge is 0.289 e. The molecule has 0 atom stereocenters. The number of carbonyl (C=O) groups excluding carboxylic acids is 4. The third-order valence-corrected chi connectivity index (χ3v) is 17.9. The summed E-state index contributed by atoms with van der Waals surface area (Å²) in [6.45, 7) is 25.8. The molecule has 1 aliphatic rings. The lowest BCUT2D eigenvalue weighted by Crippen LogP contribution is -2.13. The fourth-order valence-corrected chi connectivity index (χ4v) is 13.4. The maximum atomic E-state index is 15.0. The maximum absolute atomic E-state index is 15.0. The van der Waals surface area contributed by atoms with Crippen LogP contribution >= 0.6 is 47.0 Å². The lowest BCUT2D eigenvalue weighted by Gasteiger charge is -2.20. The smallest absolute Gasteiger partial charge is 0.194 e. The summed E-state index contributed by atoms with van der Waals surface area (Å²) in [6.07, 6.45) is 0. The zero-order chi connectivity index (χ0) is 54.5. The SMILES string of the molecule is CC(C)(C)c1ccc(C(=O)c2cc(C(=O)c3ccc(C(C)(C)C)cc3)c3cc2Sc2cccc(c2)Sc2cc(c(C(=O)c4ccc(C(C)(C)C)cc4)cc2C(=O)c2ccc(C(C)(C)C)cc2)Sc2cccc(c2)S3)cc1. The van der Waals surface area contributed by atoms with Gasteiger partial charge in [-0.05, 0) is 105 Å². The summed E-state index contributed by atoms with van der Waals surface area (Å²) in [5.74, 6) is -0.719. The summed E-state index contributed by atoms with van der Waals surface area (Å²) in [7, 11) is 0. The maximum Gasteiger partial charge on any atom is 0.194 e. The molecule has 0 unspecified atom stereocenters. The van der Waals surface area contributed by atoms with Crippen LogP contribution in [0.5, 0.6) is 0 Å². The van der Waals surface area contributed by atoms with E-state index < -0.39 is 0 Å². The van der Waals surface area contributed by atoms with Crippen LogP contribution in [0.2, 0.25) is 0 Å². The Kier molecular flexibility index (Phi) is 15.3. The molecular weight excluding hydrogens is 1010 g/mol. The zero-order valence-electron chi connectivity index (χ0n) is 45.4. The normalized spacial score (nSPS) is 13.0. The van der Waals surface area contributed by atoms with Gasteiger partial charge in [0.05, 0.1) is 0 Å². The molecule has 0 saturated heterocycles. The van der Waals surface area contributed by atoms with E-state index >= 15 is 19.2 Å². The molecule has 8 aromatic rings. The minimum absolute atomic E-state index is 0.103. The van der Waals surface area contributed by atoms with Crippen LogP contribution < -0.4 is 0 Å². The second-order valence-electron chi connectivity index (χ2n) is 23.7. The Morgan fingerprint density at radius 2 is 0.461 bits per heavy atom. The van der Waals surface area contributed by atoms with Crippen LogP contribution in [0.4, 0.5) is 0 Å². The average molecular weight is 1070 g/mol. The van der Waals surface area contributed by atoms with Crippen molar-refractivity contribution in [3.05, 3.63) is 237 Å². The molecule has 384 valence electrons. The Balaban J connectivity index is 1.23. The average Bonchev–Trinajstić information content (AvgIpc) is 3.37. The van der Waals surface area contributed by atoms with Gasteiger partial charge in [0.15, 0.2) is 23.1 Å². The van der Waals surface area contributed by atoms with Gasteiger partial charge in [-0.2, -0.15) is 0 Å². The fraction of sp³-hybridized carbons (Fsp3) is 0.235. The van der Waals surface area contributed by atoms with Crippen molar-refractivity contribution in [1.29, 1.82) is 0 Å². The van der Waals surface area contributed by atoms with Gasteiger partial charge in [-0.15, -0.1) is 0 Å². The predicted molar refractivity (Wildman–Crippen MR) is 317 cm³/mol. The molecule has 76 heavy (non-hydrogen) atoms. The van der Waals surface area contributed by atoms with Crippen LogP contribution in [0.1, 0.15) is 169 Å². The molecule has 8 heteroatoms. The second kappa shape index (κ2) is 21.3. The first-order valence-corrected chi connectivity index (χ1v) is 29.0. The molecule has 8 bridgehead atoms. The highest BCUT2D eigenvalue weighted by atomic mass is 32.2. The Morgan fingerprint density at radius 1 is 0.263 bits per heavy atom. The van der Waals surface area contributed by atoms with Gasteiger partial charge in [-0.3, -0.25) is 19.2 Å². The first-order chi connectivity index (χ1) is 35.8. The summed E-state index contributed by atoms with van der Waals surface area (Å²) in [5.41, 5.74) is 7.90. The fourth-order valence-electron chi connectivity index (χ4n) is 8.99. The number of carbonyl (C=O) groups is 4. The van der Waals surface area contributed by atoms with E-state index in [-0.39, 0.29) is 44.8 Å². The van der Waals surface area contributed by atoms with Gasteiger partial charge in [0.2, 0.25) is 0 Å². The van der Waals surface area contributed by atoms with Crippen LogP contribution in [0, 0.1) is 0 Å². The van der Waals surface area contributed by atoms with E-state index in [9.17, 15) is 0 Å². The number of benzene rings is 8. The molecule has 0 radical (unpaired) electrons. The highest BCUT2D eigenvalue weighted by Gasteiger charge is 2.28. The van der Waals surface area contributed by atoms with E-state index in [1.54, 1.807) is 12.1 Å². The third kappa shape index (κ3) is 12.2. The first kappa shape index (κ1) is 54.6. The molecule has 0 amide bonds. The summed E-state index contributed by atoms with van der Waals surface area (Å²) in [4.78, 5) is 66.4. The van der Waals surface area contributed by atoms with E-state index in [4.69, 9.17) is 0 Å². The molecule has 0 aliphatic carbocycles. The van der Waals surface area contributed by atoms with Gasteiger partial charge < -0.3 is 0 Å². The molecule has 1 heterocycles. The van der Waals surface area contributed by atoms with E-state index in [2.05, 4.69) is 95.2 Å². The molecule has 8 aromatic carbocycles. The second-order valence-corrected chi connectivity index (χ2v) is 28.1. The molecule has 0 fully saturated rings. The van der Waals surface area contributed by atoms with Crippen molar-refractivity contribution in [2.45, 2.75) is 144 Å². The zero-order valence-corrected chi connectivity index (χ0v) is 48.7. The summed E-state index contributed by atoms with van der Waals surface area (Å²) < 4.78 is 0. The van der Waals surface area contributed by atoms with Crippen molar-refractivity contribution in [2.24, 2.45) is 0 Å². The van der Waals surface area contributed by atoms with E-state index in [1.807, 2.05) is 146 Å². The number of hydrogen-bond donors (Lipinski definition) is 0. The number of ketones is 4. The van der Waals surface area contributed by atoms with Gasteiger partial charge in [-0.1, -0.05) is 239 Å². The van der Waals surface area contributed by atoms with Gasteiger partial charge >= 0.3 is 0 Å². The van der Waals surface area contributed by atoms with Gasteiger partial charge in [0.25, 0.3) is 0 Å². The van der Waals surface area contributed by atoms with Crippen LogP contribution in [0.15, 0.2) is 209 Å². The summed E-state index contributed by atoms with van der Waals surface area (Å²) >= 11 is 5.89. The quantitative estimate of drug-likeness (QED) is 0.139. The van der Waals surface area contributed by atoms with Crippen molar-refractivity contribution < 1.29 is 19.2 Å². The Morgan fingerprint density at radius 3 is 0.645 bits per heavy atom. The van der Waals surface area contributed by atoms with Crippen molar-refractivity contribution in [3.8, 4) is 0 Å². The summed E-state index contributed by atoms with van der Waals surface area (Å²) in [5, 5.41) is 0. The van der Waals surface area contributed by atoms with E-state index in [0.717, 1.165) is 41.8 Å². The third-order valence-electron chi connectivity index (χ3n) is 13.7. The Labute approximate surface area is 466 Å². The summed E-state index contributed by atoms with van der Waals surface area (Å²) in [6, 6.07) is 55.0. The van der Waals surface area contributed by atoms with Gasteiger partial charge in [0, 0.05) is 83.7 Å². The minimum Gasteiger partial charge on any atom is -0.289 e. The van der Waals surface area contributed by atoms with Crippen molar-refractivity contribution in [1.82, 2.24) is 0 Å². The number of rotatable bonds is 8. The Hall–Kier alpha value is -6.16. The van der Waals surface area contributed by atoms with Crippen molar-refractivity contribution in [2.75, 3.05) is 0 Å². The van der Waals surface area contributed by atoms with Crippen LogP contribution in [0.3, 0.4) is 0 Å². The van der Waals surface area contributed by atoms with Crippen LogP contribution in [-0.2, 0) is 21.7 Å². The lowest BCUT2D eigenvalue weighted by atomic mass is 9.86. The lowest BCUT2D eigenvalue weighted by molar-refractivity contribution is 0.102. The molecule has 4 nitrogen and oxygen atoms in total. The van der Waals surface area contributed by atoms with E-state index in [1.165, 1.54) is 47.0 Å². The standard InChI is InChI=1S/C68H64O4S4/c1-65(2,3)45-27-19-41(20-28-45)61(69)53-37-54(62(70)42-21-29-46(30-22-42)66(4,5)6)58-39-57(53)73-49-15-13-16-50(35-49)75-59-40-60(76-52-18-14-17-51(36-52)74-58)56(64(72)44-25-33-48(34-26-44)68(10,11)12)38-55(59)63(71)43-23-31-47(32-24-43)67(7,8)9/h13-40H,1-12H3. The topological polar surface area (TPSA) is 68.3 Å². The molecule has 0 aromatic heterocycles. The van der Waals surface area contributed by atoms with E-state index in [0.29, 0.717) is 64.1 Å². The highest BCUT2D eigenvalue weighted by molar-refractivity contribution is 8.01. The number of fused-ring (bicyclic) bond motifs is 8. The van der Waals surface area contributed by atoms with Crippen LogP contribution in [0.25, 0.3) is 0 Å². The Bertz CT molecular complexity index is 3090. The van der Waals surface area contributed by atoms with Crippen LogP contribution in [-0.4, -0.2) is 23.1 Å². The monoisotopic (exact) mass is 1070 g/mol. The minimum atomic E-state index is -0.180. The molecule has 0 saturated carbocycles.